The number of carbonyl (C=O) groups excluding carboxylic acids is 2. The fraction of sp³-hybridized carbons (Fsp3) is 0.333. The van der Waals surface area contributed by atoms with E-state index in [1.165, 1.54) is 4.90 Å². The monoisotopic (exact) mass is 365 g/mol. The average molecular weight is 365 g/mol. The number of H-pyrrole nitrogens is 1. The molecule has 2 aromatic rings. The van der Waals surface area contributed by atoms with E-state index < -0.39 is 28.9 Å². The van der Waals surface area contributed by atoms with Gasteiger partial charge < -0.3 is 14.8 Å². The molecule has 0 aliphatic carbocycles. The fourth-order valence-electron chi connectivity index (χ4n) is 2.98. The maximum Gasteiger partial charge on any atom is 0.257 e. The van der Waals surface area contributed by atoms with E-state index in [0.717, 1.165) is 17.8 Å². The summed E-state index contributed by atoms with van der Waals surface area (Å²) in [6.07, 6.45) is 2.49. The van der Waals surface area contributed by atoms with Crippen LogP contribution in [0.15, 0.2) is 30.5 Å². The molecule has 138 valence electrons. The molecule has 3 rings (SSSR count). The third kappa shape index (κ3) is 3.74. The lowest BCUT2D eigenvalue weighted by atomic mass is 10.1. The van der Waals surface area contributed by atoms with Crippen LogP contribution in [0.3, 0.4) is 0 Å². The minimum absolute atomic E-state index is 0.0687. The summed E-state index contributed by atoms with van der Waals surface area (Å²) in [6.45, 7) is 1.29. The zero-order valence-corrected chi connectivity index (χ0v) is 14.0. The van der Waals surface area contributed by atoms with Gasteiger partial charge in [-0.1, -0.05) is 0 Å². The van der Waals surface area contributed by atoms with E-state index in [-0.39, 0.29) is 18.9 Å². The highest BCUT2D eigenvalue weighted by molar-refractivity contribution is 5.94. The van der Waals surface area contributed by atoms with Crippen molar-refractivity contribution in [1.82, 2.24) is 14.8 Å². The summed E-state index contributed by atoms with van der Waals surface area (Å²) in [5, 5.41) is 0. The Bertz CT molecular complexity index is 808. The Morgan fingerprint density at radius 3 is 2.42 bits per heavy atom. The van der Waals surface area contributed by atoms with Crippen LogP contribution in [0, 0.1) is 17.5 Å². The highest BCUT2D eigenvalue weighted by Gasteiger charge is 2.26. The van der Waals surface area contributed by atoms with Gasteiger partial charge in [-0.2, -0.15) is 0 Å². The van der Waals surface area contributed by atoms with Crippen molar-refractivity contribution in [3.63, 3.8) is 0 Å². The molecule has 2 heterocycles. The summed E-state index contributed by atoms with van der Waals surface area (Å²) in [5.41, 5.74) is 0.297. The normalized spacial score (nSPS) is 15.0. The fourth-order valence-corrected chi connectivity index (χ4v) is 2.98. The van der Waals surface area contributed by atoms with Gasteiger partial charge in [0.1, 0.15) is 0 Å². The van der Waals surface area contributed by atoms with Crippen molar-refractivity contribution < 1.29 is 22.8 Å². The molecule has 0 spiro atoms. The molecule has 1 saturated heterocycles. The number of benzene rings is 1. The molecular weight excluding hydrogens is 347 g/mol. The molecule has 0 atom stereocenters. The van der Waals surface area contributed by atoms with E-state index in [1.54, 1.807) is 11.1 Å². The van der Waals surface area contributed by atoms with E-state index >= 15 is 0 Å². The topological polar surface area (TPSA) is 56.4 Å². The van der Waals surface area contributed by atoms with Crippen molar-refractivity contribution in [2.45, 2.75) is 12.8 Å². The summed E-state index contributed by atoms with van der Waals surface area (Å²) in [7, 11) is 0. The number of carbonyl (C=O) groups is 2. The van der Waals surface area contributed by atoms with Gasteiger partial charge in [-0.05, 0) is 30.7 Å². The Kier molecular flexibility index (Phi) is 5.29. The summed E-state index contributed by atoms with van der Waals surface area (Å²) in [5.74, 6) is -5.26. The number of hydrogen-bond acceptors (Lipinski definition) is 2. The van der Waals surface area contributed by atoms with Gasteiger partial charge in [-0.3, -0.25) is 9.59 Å². The van der Waals surface area contributed by atoms with Crippen LogP contribution in [0.25, 0.3) is 0 Å². The number of nitrogens with one attached hydrogen (secondary N) is 1. The van der Waals surface area contributed by atoms with E-state index in [1.807, 2.05) is 12.1 Å². The highest BCUT2D eigenvalue weighted by atomic mass is 19.2. The van der Waals surface area contributed by atoms with Crippen molar-refractivity contribution in [3.05, 3.63) is 59.2 Å². The Morgan fingerprint density at radius 2 is 1.69 bits per heavy atom. The maximum atomic E-state index is 13.9. The quantitative estimate of drug-likeness (QED) is 0.849. The zero-order valence-electron chi connectivity index (χ0n) is 14.0. The molecule has 0 bridgehead atoms. The number of amides is 2. The lowest BCUT2D eigenvalue weighted by Gasteiger charge is -2.22. The van der Waals surface area contributed by atoms with Gasteiger partial charge in [0.25, 0.3) is 5.91 Å². The Labute approximate surface area is 148 Å². The molecule has 1 fully saturated rings. The molecule has 1 aromatic heterocycles. The summed E-state index contributed by atoms with van der Waals surface area (Å²) in [6, 6.07) is 5.30. The molecule has 26 heavy (non-hydrogen) atoms. The lowest BCUT2D eigenvalue weighted by Crippen LogP contribution is -2.38. The van der Waals surface area contributed by atoms with Crippen LogP contribution in [0.1, 0.15) is 22.5 Å². The first-order chi connectivity index (χ1) is 12.5. The SMILES string of the molecule is O=C(Cc1ccc[nH]1)N1CCCN(C(=O)c2ccc(F)c(F)c2F)CC1. The van der Waals surface area contributed by atoms with Crippen molar-refractivity contribution >= 4 is 11.8 Å². The third-order valence-corrected chi connectivity index (χ3v) is 4.41. The van der Waals surface area contributed by atoms with E-state index in [4.69, 9.17) is 0 Å². The second kappa shape index (κ2) is 7.63. The van der Waals surface area contributed by atoms with Gasteiger partial charge in [0.2, 0.25) is 5.91 Å². The van der Waals surface area contributed by atoms with Crippen LogP contribution < -0.4 is 0 Å². The van der Waals surface area contributed by atoms with Gasteiger partial charge in [0.15, 0.2) is 17.5 Å². The Morgan fingerprint density at radius 1 is 0.962 bits per heavy atom. The first-order valence-electron chi connectivity index (χ1n) is 8.30. The van der Waals surface area contributed by atoms with Gasteiger partial charge in [0, 0.05) is 38.1 Å². The smallest absolute Gasteiger partial charge is 0.257 e. The van der Waals surface area contributed by atoms with Gasteiger partial charge in [-0.25, -0.2) is 13.2 Å². The van der Waals surface area contributed by atoms with E-state index in [2.05, 4.69) is 4.98 Å². The molecule has 2 amide bonds. The molecule has 1 aliphatic rings. The van der Waals surface area contributed by atoms with Gasteiger partial charge in [0.05, 0.1) is 12.0 Å². The van der Waals surface area contributed by atoms with Gasteiger partial charge in [-0.15, -0.1) is 0 Å². The average Bonchev–Trinajstić information content (AvgIpc) is 3.00. The lowest BCUT2D eigenvalue weighted by molar-refractivity contribution is -0.130. The minimum atomic E-state index is -1.66. The first kappa shape index (κ1) is 18.0. The van der Waals surface area contributed by atoms with Crippen molar-refractivity contribution in [2.24, 2.45) is 0 Å². The van der Waals surface area contributed by atoms with E-state index in [9.17, 15) is 22.8 Å². The molecule has 1 N–H and O–H groups in total. The number of aromatic amines is 1. The Balaban J connectivity index is 1.66. The standard InChI is InChI=1S/C18H18F3N3O2/c19-14-5-4-13(16(20)17(14)21)18(26)24-8-2-7-23(9-10-24)15(25)11-12-3-1-6-22-12/h1,3-6,22H,2,7-11H2. The molecule has 8 heteroatoms. The predicted octanol–water partition coefficient (Wildman–Crippen LogP) is 2.35. The second-order valence-corrected chi connectivity index (χ2v) is 6.12. The predicted molar refractivity (Wildman–Crippen MR) is 87.9 cm³/mol. The van der Waals surface area contributed by atoms with E-state index in [0.29, 0.717) is 26.1 Å². The maximum absolute atomic E-state index is 13.9. The van der Waals surface area contributed by atoms with Crippen LogP contribution in [0.5, 0.6) is 0 Å². The molecule has 5 nitrogen and oxygen atoms in total. The van der Waals surface area contributed by atoms with Crippen LogP contribution >= 0.6 is 0 Å². The molecule has 1 aromatic carbocycles. The van der Waals surface area contributed by atoms with Crippen LogP contribution in [-0.2, 0) is 11.2 Å². The zero-order chi connectivity index (χ0) is 18.7. The van der Waals surface area contributed by atoms with Crippen molar-refractivity contribution in [1.29, 1.82) is 0 Å². The van der Waals surface area contributed by atoms with Gasteiger partial charge >= 0.3 is 0 Å². The largest absolute Gasteiger partial charge is 0.365 e. The summed E-state index contributed by atoms with van der Waals surface area (Å²) in [4.78, 5) is 30.8. The third-order valence-electron chi connectivity index (χ3n) is 4.41. The molecule has 0 unspecified atom stereocenters. The number of hydrogen-bond donors (Lipinski definition) is 1. The van der Waals surface area contributed by atoms with Crippen LogP contribution in [0.4, 0.5) is 13.2 Å². The summed E-state index contributed by atoms with van der Waals surface area (Å²) < 4.78 is 40.3. The summed E-state index contributed by atoms with van der Waals surface area (Å²) >= 11 is 0. The highest BCUT2D eigenvalue weighted by Crippen LogP contribution is 2.18. The molecule has 0 radical (unpaired) electrons. The van der Waals surface area contributed by atoms with Crippen LogP contribution in [0.2, 0.25) is 0 Å². The van der Waals surface area contributed by atoms with Crippen molar-refractivity contribution in [2.75, 3.05) is 26.2 Å². The number of nitrogens with zero attached hydrogens (tertiary/aromatic N) is 2. The molecule has 0 saturated carbocycles. The number of rotatable bonds is 3. The molecular formula is C18H18F3N3O2. The molecule has 1 aliphatic heterocycles. The number of aromatic nitrogens is 1. The minimum Gasteiger partial charge on any atom is -0.365 e. The van der Waals surface area contributed by atoms with Crippen LogP contribution in [-0.4, -0.2) is 52.8 Å². The van der Waals surface area contributed by atoms with Crippen molar-refractivity contribution in [3.8, 4) is 0 Å². The Hall–Kier alpha value is -2.77. The number of halogens is 3. The first-order valence-corrected chi connectivity index (χ1v) is 8.30. The second-order valence-electron chi connectivity index (χ2n) is 6.12.